The molecule has 4 aromatic rings. The Morgan fingerprint density at radius 2 is 1.85 bits per heavy atom. The highest BCUT2D eigenvalue weighted by molar-refractivity contribution is 6.32. The van der Waals surface area contributed by atoms with Crippen LogP contribution in [-0.4, -0.2) is 32.3 Å². The number of rotatable bonds is 4. The second kappa shape index (κ2) is 8.65. The predicted molar refractivity (Wildman–Crippen MR) is 132 cm³/mol. The maximum absolute atomic E-state index is 14.7. The molecule has 0 amide bonds. The van der Waals surface area contributed by atoms with E-state index in [9.17, 15) is 14.3 Å². The molecule has 0 spiro atoms. The average Bonchev–Trinajstić information content (AvgIpc) is 3.40. The van der Waals surface area contributed by atoms with Crippen LogP contribution in [0.25, 0.3) is 27.9 Å². The molecular weight excluding hydrogens is 455 g/mol. The third kappa shape index (κ3) is 3.96. The Labute approximate surface area is 201 Å². The van der Waals surface area contributed by atoms with Crippen LogP contribution >= 0.6 is 11.6 Å². The summed E-state index contributed by atoms with van der Waals surface area (Å²) < 4.78 is 17.6. The molecule has 1 unspecified atom stereocenters. The number of phenols is 1. The van der Waals surface area contributed by atoms with E-state index in [-0.39, 0.29) is 11.4 Å². The van der Waals surface area contributed by atoms with Crippen LogP contribution in [0.3, 0.4) is 0 Å². The largest absolute Gasteiger partial charge is 0.507 e. The highest BCUT2D eigenvalue weighted by Crippen LogP contribution is 2.41. The van der Waals surface area contributed by atoms with Crippen molar-refractivity contribution in [3.8, 4) is 33.7 Å². The Hall–Kier alpha value is -3.58. The molecule has 1 fully saturated rings. The summed E-state index contributed by atoms with van der Waals surface area (Å²) in [5, 5.41) is 11.4. The van der Waals surface area contributed by atoms with Crippen LogP contribution in [0, 0.1) is 11.7 Å². The summed E-state index contributed by atoms with van der Waals surface area (Å²) in [6, 6.07) is 9.53. The number of halogens is 2. The van der Waals surface area contributed by atoms with Gasteiger partial charge in [-0.15, -0.1) is 0 Å². The maximum atomic E-state index is 14.7. The average molecular weight is 479 g/mol. The van der Waals surface area contributed by atoms with Gasteiger partial charge in [-0.05, 0) is 48.2 Å². The Morgan fingerprint density at radius 3 is 2.50 bits per heavy atom. The molecule has 1 atom stereocenters. The zero-order chi connectivity index (χ0) is 24.0. The molecule has 5 rings (SSSR count). The van der Waals surface area contributed by atoms with E-state index in [0.29, 0.717) is 38.9 Å². The number of hydrogen-bond acceptors (Lipinski definition) is 4. The minimum atomic E-state index is -0.484. The molecule has 3 heterocycles. The predicted octanol–water partition coefficient (Wildman–Crippen LogP) is 5.25. The molecule has 1 aliphatic heterocycles. The lowest BCUT2D eigenvalue weighted by Gasteiger charge is -2.19. The summed E-state index contributed by atoms with van der Waals surface area (Å²) in [5.41, 5.74) is 3.06. The van der Waals surface area contributed by atoms with Gasteiger partial charge in [-0.3, -0.25) is 9.55 Å². The fourth-order valence-corrected chi connectivity index (χ4v) is 4.75. The number of anilines is 1. The molecule has 174 valence electrons. The van der Waals surface area contributed by atoms with Gasteiger partial charge in [-0.2, -0.15) is 0 Å². The SMILES string of the molecule is CC1CCN(c2cncc(-c3cc(F)cc(-c4ccc(-n5ccn(C)c5=O)c(Cl)c4)c3O)c2)C1. The molecule has 1 saturated heterocycles. The van der Waals surface area contributed by atoms with Gasteiger partial charge in [0, 0.05) is 55.4 Å². The van der Waals surface area contributed by atoms with E-state index >= 15 is 0 Å². The van der Waals surface area contributed by atoms with E-state index < -0.39 is 5.82 Å². The number of hydrogen-bond donors (Lipinski definition) is 1. The lowest BCUT2D eigenvalue weighted by Crippen LogP contribution is -2.20. The standard InChI is InChI=1S/C26H24ClFN4O2/c1-16-5-6-31(15-16)20-9-18(13-29-14-20)22-12-19(28)11-21(25(22)33)17-3-4-24(23(27)10-17)32-8-7-30(2)26(32)34/h3-4,7-14,16,33H,5-6,15H2,1-2H3. The topological polar surface area (TPSA) is 63.3 Å². The van der Waals surface area contributed by atoms with E-state index in [1.807, 2.05) is 6.07 Å². The van der Waals surface area contributed by atoms with Crippen LogP contribution in [0.4, 0.5) is 10.1 Å². The highest BCUT2D eigenvalue weighted by atomic mass is 35.5. The van der Waals surface area contributed by atoms with E-state index in [2.05, 4.69) is 16.8 Å². The minimum absolute atomic E-state index is 0.0594. The van der Waals surface area contributed by atoms with Crippen molar-refractivity contribution in [2.24, 2.45) is 13.0 Å². The van der Waals surface area contributed by atoms with Gasteiger partial charge in [-0.1, -0.05) is 24.6 Å². The number of aromatic hydroxyl groups is 1. The van der Waals surface area contributed by atoms with Crippen molar-refractivity contribution in [2.45, 2.75) is 13.3 Å². The van der Waals surface area contributed by atoms with Gasteiger partial charge in [0.15, 0.2) is 0 Å². The minimum Gasteiger partial charge on any atom is -0.507 e. The van der Waals surface area contributed by atoms with Crippen molar-refractivity contribution in [3.63, 3.8) is 0 Å². The molecule has 0 aliphatic carbocycles. The smallest absolute Gasteiger partial charge is 0.332 e. The van der Waals surface area contributed by atoms with Crippen molar-refractivity contribution in [3.05, 3.63) is 82.5 Å². The molecule has 0 radical (unpaired) electrons. The number of aryl methyl sites for hydroxylation is 1. The van der Waals surface area contributed by atoms with Gasteiger partial charge in [0.1, 0.15) is 11.6 Å². The highest BCUT2D eigenvalue weighted by Gasteiger charge is 2.21. The molecule has 8 heteroatoms. The lowest BCUT2D eigenvalue weighted by molar-refractivity contribution is 0.477. The molecular formula is C26H24ClFN4O2. The lowest BCUT2D eigenvalue weighted by atomic mass is 9.97. The fraction of sp³-hybridized carbons (Fsp3) is 0.231. The second-order valence-corrected chi connectivity index (χ2v) is 9.26. The molecule has 0 saturated carbocycles. The number of aromatic nitrogens is 3. The number of benzene rings is 2. The number of pyridine rings is 1. The van der Waals surface area contributed by atoms with Crippen LogP contribution in [0.1, 0.15) is 13.3 Å². The molecule has 1 aliphatic rings. The first-order chi connectivity index (χ1) is 16.3. The van der Waals surface area contributed by atoms with Crippen LogP contribution in [-0.2, 0) is 7.05 Å². The molecule has 0 bridgehead atoms. The molecule has 1 N–H and O–H groups in total. The number of nitrogens with zero attached hydrogens (tertiary/aromatic N) is 4. The quantitative estimate of drug-likeness (QED) is 0.435. The summed E-state index contributed by atoms with van der Waals surface area (Å²) in [5.74, 6) is 0.0654. The first-order valence-electron chi connectivity index (χ1n) is 11.1. The fourth-order valence-electron chi connectivity index (χ4n) is 4.47. The van der Waals surface area contributed by atoms with Crippen molar-refractivity contribution in [1.29, 1.82) is 0 Å². The number of imidazole rings is 1. The summed E-state index contributed by atoms with van der Waals surface area (Å²) >= 11 is 6.49. The van der Waals surface area contributed by atoms with Crippen LogP contribution in [0.2, 0.25) is 5.02 Å². The third-order valence-corrected chi connectivity index (χ3v) is 6.67. The summed E-state index contributed by atoms with van der Waals surface area (Å²) in [4.78, 5) is 18.9. The molecule has 34 heavy (non-hydrogen) atoms. The zero-order valence-electron chi connectivity index (χ0n) is 18.9. The summed E-state index contributed by atoms with van der Waals surface area (Å²) in [6.07, 6.45) is 7.80. The Bertz CT molecular complexity index is 1450. The van der Waals surface area contributed by atoms with Crippen LogP contribution in [0.5, 0.6) is 5.75 Å². The summed E-state index contributed by atoms with van der Waals surface area (Å²) in [7, 11) is 1.65. The van der Waals surface area contributed by atoms with Crippen LogP contribution < -0.4 is 10.6 Å². The van der Waals surface area contributed by atoms with Gasteiger partial charge in [0.2, 0.25) is 0 Å². The molecule has 2 aromatic heterocycles. The van der Waals surface area contributed by atoms with Gasteiger partial charge >= 0.3 is 5.69 Å². The van der Waals surface area contributed by atoms with E-state index in [0.717, 1.165) is 25.2 Å². The third-order valence-electron chi connectivity index (χ3n) is 6.36. The first-order valence-corrected chi connectivity index (χ1v) is 11.5. The normalized spacial score (nSPS) is 15.8. The monoisotopic (exact) mass is 478 g/mol. The molecule has 2 aromatic carbocycles. The molecule has 6 nitrogen and oxygen atoms in total. The van der Waals surface area contributed by atoms with Gasteiger partial charge < -0.3 is 14.6 Å². The van der Waals surface area contributed by atoms with E-state index in [1.165, 1.54) is 21.3 Å². The Morgan fingerprint density at radius 1 is 1.09 bits per heavy atom. The van der Waals surface area contributed by atoms with Gasteiger partial charge in [0.05, 0.1) is 22.6 Å². The second-order valence-electron chi connectivity index (χ2n) is 8.85. The van der Waals surface area contributed by atoms with Gasteiger partial charge in [-0.25, -0.2) is 9.18 Å². The van der Waals surface area contributed by atoms with Crippen LogP contribution in [0.15, 0.2) is 66.0 Å². The Kier molecular flexibility index (Phi) is 5.65. The van der Waals surface area contributed by atoms with Crippen molar-refractivity contribution in [1.82, 2.24) is 14.1 Å². The summed E-state index contributed by atoms with van der Waals surface area (Å²) in [6.45, 7) is 4.11. The maximum Gasteiger partial charge on any atom is 0.332 e. The van der Waals surface area contributed by atoms with Crippen molar-refractivity contribution in [2.75, 3.05) is 18.0 Å². The van der Waals surface area contributed by atoms with Crippen molar-refractivity contribution >= 4 is 17.3 Å². The van der Waals surface area contributed by atoms with Crippen molar-refractivity contribution < 1.29 is 9.50 Å². The number of phenolic OH excluding ortho intramolecular Hbond substituents is 1. The Balaban J connectivity index is 1.55. The zero-order valence-corrected chi connectivity index (χ0v) is 19.6. The van der Waals surface area contributed by atoms with Gasteiger partial charge in [0.25, 0.3) is 0 Å². The van der Waals surface area contributed by atoms with E-state index in [4.69, 9.17) is 11.6 Å². The van der Waals surface area contributed by atoms with E-state index in [1.54, 1.807) is 50.0 Å². The first kappa shape index (κ1) is 22.2.